The van der Waals surface area contributed by atoms with Crippen LogP contribution in [0.4, 0.5) is 13.2 Å². The number of alkyl halides is 3. The van der Waals surface area contributed by atoms with E-state index in [1.165, 1.54) is 0 Å². The molecule has 21 heavy (non-hydrogen) atoms. The van der Waals surface area contributed by atoms with Crippen molar-refractivity contribution in [1.29, 1.82) is 0 Å². The molecule has 6 nitrogen and oxygen atoms in total. The van der Waals surface area contributed by atoms with Crippen LogP contribution in [0.25, 0.3) is 0 Å². The summed E-state index contributed by atoms with van der Waals surface area (Å²) < 4.78 is 63.3. The van der Waals surface area contributed by atoms with Crippen molar-refractivity contribution in [2.45, 2.75) is 25.9 Å². The van der Waals surface area contributed by atoms with Crippen molar-refractivity contribution in [2.75, 3.05) is 18.1 Å². The standard InChI is InChI=1S/C11H15F3N2O4S/c1-7(2)10-16-8(5-20-10)9(17)15-3-4-21(18,19)6-11(12,13)14/h5,7H,3-4,6H2,1-2H3,(H,15,17). The van der Waals surface area contributed by atoms with Gasteiger partial charge in [-0.3, -0.25) is 4.79 Å². The van der Waals surface area contributed by atoms with Crippen molar-refractivity contribution in [3.8, 4) is 0 Å². The summed E-state index contributed by atoms with van der Waals surface area (Å²) in [6.45, 7) is 3.18. The van der Waals surface area contributed by atoms with Gasteiger partial charge >= 0.3 is 6.18 Å². The monoisotopic (exact) mass is 328 g/mol. The van der Waals surface area contributed by atoms with Crippen LogP contribution in [0.15, 0.2) is 10.7 Å². The smallest absolute Gasteiger partial charge is 0.402 e. The third-order valence-corrected chi connectivity index (χ3v) is 3.92. The molecule has 0 aliphatic heterocycles. The number of amides is 1. The van der Waals surface area contributed by atoms with Gasteiger partial charge in [-0.05, 0) is 0 Å². The highest BCUT2D eigenvalue weighted by Crippen LogP contribution is 2.17. The van der Waals surface area contributed by atoms with Crippen LogP contribution in [0.1, 0.15) is 36.1 Å². The second-order valence-electron chi connectivity index (χ2n) is 4.69. The number of halogens is 3. The van der Waals surface area contributed by atoms with Gasteiger partial charge in [0, 0.05) is 12.5 Å². The molecule has 0 aromatic carbocycles. The highest BCUT2D eigenvalue weighted by Gasteiger charge is 2.34. The number of aromatic nitrogens is 1. The SMILES string of the molecule is CC(C)c1nc(C(=O)NCCS(=O)(=O)CC(F)(F)F)co1. The molecule has 0 unspecified atom stereocenters. The average molecular weight is 328 g/mol. The molecular formula is C11H15F3N2O4S. The first-order valence-electron chi connectivity index (χ1n) is 6.01. The molecule has 1 amide bonds. The molecule has 0 radical (unpaired) electrons. The van der Waals surface area contributed by atoms with Gasteiger partial charge in [0.1, 0.15) is 12.0 Å². The molecule has 0 spiro atoms. The maximum absolute atomic E-state index is 12.0. The molecule has 10 heteroatoms. The van der Waals surface area contributed by atoms with Crippen LogP contribution < -0.4 is 5.32 Å². The highest BCUT2D eigenvalue weighted by atomic mass is 32.2. The topological polar surface area (TPSA) is 89.3 Å². The Balaban J connectivity index is 2.50. The molecule has 0 fully saturated rings. The second kappa shape index (κ2) is 6.46. The fourth-order valence-corrected chi connectivity index (χ4v) is 2.45. The maximum Gasteiger partial charge on any atom is 0.402 e. The molecular weight excluding hydrogens is 313 g/mol. The summed E-state index contributed by atoms with van der Waals surface area (Å²) in [6, 6.07) is 0. The Bertz CT molecular complexity index is 593. The molecule has 1 heterocycles. The Morgan fingerprint density at radius 3 is 2.52 bits per heavy atom. The zero-order chi connectivity index (χ0) is 16.3. The number of hydrogen-bond donors (Lipinski definition) is 1. The highest BCUT2D eigenvalue weighted by molar-refractivity contribution is 7.91. The fraction of sp³-hybridized carbons (Fsp3) is 0.636. The molecule has 1 aromatic heterocycles. The zero-order valence-electron chi connectivity index (χ0n) is 11.4. The molecule has 0 atom stereocenters. The summed E-state index contributed by atoms with van der Waals surface area (Å²) in [6.07, 6.45) is -3.68. The van der Waals surface area contributed by atoms with Crippen LogP contribution in [-0.4, -0.2) is 43.5 Å². The van der Waals surface area contributed by atoms with Crippen LogP contribution >= 0.6 is 0 Å². The Kier molecular flexibility index (Phi) is 5.37. The first kappa shape index (κ1) is 17.5. The van der Waals surface area contributed by atoms with Crippen LogP contribution in [0.2, 0.25) is 0 Å². The largest absolute Gasteiger partial charge is 0.448 e. The second-order valence-corrected chi connectivity index (χ2v) is 6.87. The van der Waals surface area contributed by atoms with Gasteiger partial charge in [0.05, 0.1) is 5.75 Å². The molecule has 1 aromatic rings. The Labute approximate surface area is 119 Å². The molecule has 0 aliphatic carbocycles. The molecule has 1 rings (SSSR count). The normalized spacial score (nSPS) is 12.7. The minimum atomic E-state index is -4.79. The van der Waals surface area contributed by atoms with Crippen molar-refractivity contribution >= 4 is 15.7 Å². The van der Waals surface area contributed by atoms with Gasteiger partial charge in [0.2, 0.25) is 0 Å². The maximum atomic E-state index is 12.0. The van der Waals surface area contributed by atoms with Gasteiger partial charge < -0.3 is 9.73 Å². The molecule has 0 saturated heterocycles. The summed E-state index contributed by atoms with van der Waals surface area (Å²) in [7, 11) is -4.31. The number of sulfone groups is 1. The van der Waals surface area contributed by atoms with E-state index in [-0.39, 0.29) is 11.6 Å². The predicted molar refractivity (Wildman–Crippen MR) is 67.6 cm³/mol. The summed E-state index contributed by atoms with van der Waals surface area (Å²) in [5.41, 5.74) is -0.0491. The lowest BCUT2D eigenvalue weighted by Gasteiger charge is -2.07. The van der Waals surface area contributed by atoms with E-state index in [9.17, 15) is 26.4 Å². The number of nitrogens with one attached hydrogen (secondary N) is 1. The van der Waals surface area contributed by atoms with E-state index in [0.29, 0.717) is 5.89 Å². The molecule has 120 valence electrons. The molecule has 0 bridgehead atoms. The van der Waals surface area contributed by atoms with E-state index in [2.05, 4.69) is 10.3 Å². The predicted octanol–water partition coefficient (Wildman–Crippen LogP) is 1.50. The quantitative estimate of drug-likeness (QED) is 0.855. The minimum Gasteiger partial charge on any atom is -0.448 e. The Morgan fingerprint density at radius 2 is 2.05 bits per heavy atom. The molecule has 1 N–H and O–H groups in total. The van der Waals surface area contributed by atoms with Gasteiger partial charge in [0.25, 0.3) is 5.91 Å². The van der Waals surface area contributed by atoms with Crippen molar-refractivity contribution in [2.24, 2.45) is 0 Å². The van der Waals surface area contributed by atoms with Crippen molar-refractivity contribution in [1.82, 2.24) is 10.3 Å². The van der Waals surface area contributed by atoms with Crippen molar-refractivity contribution in [3.05, 3.63) is 17.8 Å². The van der Waals surface area contributed by atoms with E-state index in [1.54, 1.807) is 13.8 Å². The van der Waals surface area contributed by atoms with E-state index >= 15 is 0 Å². The van der Waals surface area contributed by atoms with Gasteiger partial charge in [-0.2, -0.15) is 13.2 Å². The van der Waals surface area contributed by atoms with Gasteiger partial charge in [-0.15, -0.1) is 0 Å². The summed E-state index contributed by atoms with van der Waals surface area (Å²) in [4.78, 5) is 15.5. The summed E-state index contributed by atoms with van der Waals surface area (Å²) in [5.74, 6) is -3.10. The first-order chi connectivity index (χ1) is 9.50. The number of hydrogen-bond acceptors (Lipinski definition) is 5. The first-order valence-corrected chi connectivity index (χ1v) is 7.83. The summed E-state index contributed by atoms with van der Waals surface area (Å²) in [5, 5.41) is 2.19. The van der Waals surface area contributed by atoms with E-state index < -0.39 is 40.0 Å². The average Bonchev–Trinajstić information content (AvgIpc) is 2.74. The fourth-order valence-electron chi connectivity index (χ4n) is 1.39. The van der Waals surface area contributed by atoms with Crippen LogP contribution in [0, 0.1) is 0 Å². The number of carbonyl (C=O) groups excluding carboxylic acids is 1. The Hall–Kier alpha value is -1.58. The Morgan fingerprint density at radius 1 is 1.43 bits per heavy atom. The number of rotatable bonds is 6. The molecule has 0 saturated carbocycles. The van der Waals surface area contributed by atoms with Crippen LogP contribution in [0.3, 0.4) is 0 Å². The number of nitrogens with zero attached hydrogens (tertiary/aromatic N) is 1. The number of oxazole rings is 1. The van der Waals surface area contributed by atoms with E-state index in [1.807, 2.05) is 0 Å². The summed E-state index contributed by atoms with van der Waals surface area (Å²) >= 11 is 0. The third-order valence-electron chi connectivity index (χ3n) is 2.33. The van der Waals surface area contributed by atoms with E-state index in [4.69, 9.17) is 4.42 Å². The lowest BCUT2D eigenvalue weighted by molar-refractivity contribution is -0.106. The van der Waals surface area contributed by atoms with Crippen LogP contribution in [0.5, 0.6) is 0 Å². The third kappa shape index (κ3) is 6.15. The van der Waals surface area contributed by atoms with Gasteiger partial charge in [-0.1, -0.05) is 13.8 Å². The van der Waals surface area contributed by atoms with Gasteiger partial charge in [0.15, 0.2) is 21.4 Å². The lowest BCUT2D eigenvalue weighted by Crippen LogP contribution is -2.33. The zero-order valence-corrected chi connectivity index (χ0v) is 12.2. The van der Waals surface area contributed by atoms with Crippen LogP contribution in [-0.2, 0) is 9.84 Å². The minimum absolute atomic E-state index is 0.0290. The lowest BCUT2D eigenvalue weighted by atomic mass is 10.2. The van der Waals surface area contributed by atoms with Crippen molar-refractivity contribution in [3.63, 3.8) is 0 Å². The number of carbonyl (C=O) groups is 1. The van der Waals surface area contributed by atoms with E-state index in [0.717, 1.165) is 6.26 Å². The van der Waals surface area contributed by atoms with Crippen molar-refractivity contribution < 1.29 is 30.8 Å². The van der Waals surface area contributed by atoms with Gasteiger partial charge in [-0.25, -0.2) is 13.4 Å². The molecule has 0 aliphatic rings.